The van der Waals surface area contributed by atoms with Gasteiger partial charge in [-0.2, -0.15) is 0 Å². The summed E-state index contributed by atoms with van der Waals surface area (Å²) in [6.45, 7) is 4.68. The molecule has 2 aliphatic heterocycles. The van der Waals surface area contributed by atoms with E-state index in [9.17, 15) is 9.59 Å². The number of fused-ring (bicyclic) bond motifs is 1. The Balaban J connectivity index is 2.15. The van der Waals surface area contributed by atoms with Crippen molar-refractivity contribution in [3.05, 3.63) is 11.8 Å². The van der Waals surface area contributed by atoms with Crippen LogP contribution in [0.4, 0.5) is 5.82 Å². The van der Waals surface area contributed by atoms with Crippen molar-refractivity contribution in [3.8, 4) is 0 Å². The summed E-state index contributed by atoms with van der Waals surface area (Å²) in [5.74, 6) is 0.436. The Labute approximate surface area is 140 Å². The van der Waals surface area contributed by atoms with Crippen molar-refractivity contribution < 1.29 is 9.59 Å². The molecular weight excluding hydrogens is 312 g/mol. The Morgan fingerprint density at radius 1 is 1.39 bits per heavy atom. The van der Waals surface area contributed by atoms with E-state index in [1.807, 2.05) is 6.26 Å². The lowest BCUT2D eigenvalue weighted by Gasteiger charge is -2.41. The van der Waals surface area contributed by atoms with Crippen LogP contribution in [0.1, 0.15) is 38.7 Å². The van der Waals surface area contributed by atoms with Crippen molar-refractivity contribution >= 4 is 29.4 Å². The number of nitrogens with zero attached hydrogens (tertiary/aromatic N) is 3. The fraction of sp³-hybridized carbons (Fsp3) is 0.625. The minimum absolute atomic E-state index is 0.0523. The Morgan fingerprint density at radius 3 is 2.70 bits per heavy atom. The van der Waals surface area contributed by atoms with Gasteiger partial charge in [0.15, 0.2) is 5.16 Å². The second-order valence-corrected chi connectivity index (χ2v) is 6.89. The van der Waals surface area contributed by atoms with Crippen LogP contribution in [0.5, 0.6) is 0 Å². The zero-order valence-corrected chi connectivity index (χ0v) is 14.6. The van der Waals surface area contributed by atoms with Gasteiger partial charge in [-0.25, -0.2) is 9.97 Å². The van der Waals surface area contributed by atoms with E-state index in [-0.39, 0.29) is 17.9 Å². The van der Waals surface area contributed by atoms with Crippen LogP contribution in [0.15, 0.2) is 11.4 Å². The van der Waals surface area contributed by atoms with Crippen LogP contribution >= 0.6 is 11.8 Å². The number of anilines is 1. The molecule has 3 heterocycles. The molecule has 1 spiro atoms. The largest absolute Gasteiger partial charge is 0.355 e. The maximum absolute atomic E-state index is 13.3. The summed E-state index contributed by atoms with van der Waals surface area (Å²) in [7, 11) is 0. The number of amides is 2. The summed E-state index contributed by atoms with van der Waals surface area (Å²) in [6, 6.07) is 0.0523. The van der Waals surface area contributed by atoms with Crippen LogP contribution in [0, 0.1) is 5.41 Å². The fourth-order valence-corrected chi connectivity index (χ4v) is 3.91. The van der Waals surface area contributed by atoms with Crippen molar-refractivity contribution in [1.29, 1.82) is 0 Å². The first-order chi connectivity index (χ1) is 11.1. The average Bonchev–Trinajstić information content (AvgIpc) is 2.93. The van der Waals surface area contributed by atoms with Gasteiger partial charge in [-0.3, -0.25) is 14.5 Å². The van der Waals surface area contributed by atoms with Crippen LogP contribution in [0.3, 0.4) is 0 Å². The average molecular weight is 334 g/mol. The molecule has 124 valence electrons. The minimum atomic E-state index is -0.972. The van der Waals surface area contributed by atoms with E-state index < -0.39 is 5.41 Å². The van der Waals surface area contributed by atoms with Gasteiger partial charge in [0.2, 0.25) is 11.8 Å². The Kier molecular flexibility index (Phi) is 4.31. The van der Waals surface area contributed by atoms with Gasteiger partial charge in [-0.15, -0.1) is 0 Å². The SMILES string of the molecule is CCC(CC)N1C(=O)C2(CCNC2=O)Cc2cnc(SC)nc21. The lowest BCUT2D eigenvalue weighted by atomic mass is 9.76. The van der Waals surface area contributed by atoms with Crippen molar-refractivity contribution in [2.75, 3.05) is 17.7 Å². The molecule has 0 saturated carbocycles. The Morgan fingerprint density at radius 2 is 2.13 bits per heavy atom. The lowest BCUT2D eigenvalue weighted by molar-refractivity contribution is -0.140. The number of nitrogens with one attached hydrogen (secondary N) is 1. The van der Waals surface area contributed by atoms with Crippen molar-refractivity contribution in [1.82, 2.24) is 15.3 Å². The molecule has 1 aromatic heterocycles. The van der Waals surface area contributed by atoms with Gasteiger partial charge < -0.3 is 5.32 Å². The van der Waals surface area contributed by atoms with Gasteiger partial charge in [0, 0.05) is 30.8 Å². The highest BCUT2D eigenvalue weighted by atomic mass is 32.2. The van der Waals surface area contributed by atoms with E-state index in [2.05, 4.69) is 29.1 Å². The van der Waals surface area contributed by atoms with Gasteiger partial charge in [0.05, 0.1) is 0 Å². The van der Waals surface area contributed by atoms with E-state index in [4.69, 9.17) is 0 Å². The second-order valence-electron chi connectivity index (χ2n) is 6.12. The molecule has 1 aromatic rings. The Bertz CT molecular complexity index is 647. The molecule has 0 aromatic carbocycles. The molecule has 1 unspecified atom stereocenters. The smallest absolute Gasteiger partial charge is 0.244 e. The highest BCUT2D eigenvalue weighted by Crippen LogP contribution is 2.42. The summed E-state index contributed by atoms with van der Waals surface area (Å²) in [5.41, 5.74) is -0.0776. The molecule has 0 bridgehead atoms. The number of rotatable bonds is 4. The van der Waals surface area contributed by atoms with Crippen molar-refractivity contribution in [2.45, 2.75) is 50.7 Å². The lowest BCUT2D eigenvalue weighted by Crippen LogP contribution is -2.56. The van der Waals surface area contributed by atoms with Crippen LogP contribution in [0.25, 0.3) is 0 Å². The highest BCUT2D eigenvalue weighted by Gasteiger charge is 2.55. The van der Waals surface area contributed by atoms with Crippen LogP contribution in [-0.2, 0) is 16.0 Å². The normalized spacial score (nSPS) is 23.6. The first-order valence-electron chi connectivity index (χ1n) is 8.09. The summed E-state index contributed by atoms with van der Waals surface area (Å²) < 4.78 is 0. The van der Waals surface area contributed by atoms with E-state index >= 15 is 0 Å². The maximum atomic E-state index is 13.3. The van der Waals surface area contributed by atoms with Gasteiger partial charge in [0.25, 0.3) is 0 Å². The van der Waals surface area contributed by atoms with Gasteiger partial charge >= 0.3 is 0 Å². The molecule has 7 heteroatoms. The van der Waals surface area contributed by atoms with E-state index in [1.165, 1.54) is 11.8 Å². The number of aromatic nitrogens is 2. The van der Waals surface area contributed by atoms with Gasteiger partial charge in [-0.1, -0.05) is 25.6 Å². The topological polar surface area (TPSA) is 75.2 Å². The molecule has 2 aliphatic rings. The first-order valence-corrected chi connectivity index (χ1v) is 9.31. The summed E-state index contributed by atoms with van der Waals surface area (Å²) in [6.07, 6.45) is 6.31. The number of carbonyl (C=O) groups excluding carboxylic acids is 2. The Hall–Kier alpha value is -1.63. The summed E-state index contributed by atoms with van der Waals surface area (Å²) in [5, 5.41) is 3.48. The van der Waals surface area contributed by atoms with Crippen molar-refractivity contribution in [3.63, 3.8) is 0 Å². The zero-order valence-electron chi connectivity index (χ0n) is 13.8. The third-order valence-corrected chi connectivity index (χ3v) is 5.49. The molecule has 3 rings (SSSR count). The molecule has 6 nitrogen and oxygen atoms in total. The molecule has 2 amide bonds. The summed E-state index contributed by atoms with van der Waals surface area (Å²) >= 11 is 1.46. The van der Waals surface area contributed by atoms with E-state index in [0.717, 1.165) is 18.4 Å². The molecular formula is C16H22N4O2S. The minimum Gasteiger partial charge on any atom is -0.355 e. The maximum Gasteiger partial charge on any atom is 0.244 e. The third kappa shape index (κ3) is 2.41. The van der Waals surface area contributed by atoms with Crippen LogP contribution < -0.4 is 10.2 Å². The highest BCUT2D eigenvalue weighted by molar-refractivity contribution is 7.98. The molecule has 0 aliphatic carbocycles. The predicted octanol–water partition coefficient (Wildman–Crippen LogP) is 1.78. The number of thioether (sulfide) groups is 1. The monoisotopic (exact) mass is 334 g/mol. The van der Waals surface area contributed by atoms with Crippen molar-refractivity contribution in [2.24, 2.45) is 5.41 Å². The summed E-state index contributed by atoms with van der Waals surface area (Å²) in [4.78, 5) is 36.4. The van der Waals surface area contributed by atoms with E-state index in [1.54, 1.807) is 11.1 Å². The molecule has 23 heavy (non-hydrogen) atoms. The van der Waals surface area contributed by atoms with Gasteiger partial charge in [-0.05, 0) is 25.5 Å². The van der Waals surface area contributed by atoms with Gasteiger partial charge in [0.1, 0.15) is 11.2 Å². The second kappa shape index (κ2) is 6.11. The molecule has 1 saturated heterocycles. The molecule has 1 atom stereocenters. The molecule has 1 fully saturated rings. The third-order valence-electron chi connectivity index (χ3n) is 4.93. The first kappa shape index (κ1) is 16.2. The zero-order chi connectivity index (χ0) is 16.6. The molecule has 0 radical (unpaired) electrons. The van der Waals surface area contributed by atoms with Crippen LogP contribution in [0.2, 0.25) is 0 Å². The number of hydrogen-bond donors (Lipinski definition) is 1. The fourth-order valence-electron chi connectivity index (χ4n) is 3.58. The van der Waals surface area contributed by atoms with E-state index in [0.29, 0.717) is 30.4 Å². The predicted molar refractivity (Wildman–Crippen MR) is 89.4 cm³/mol. The number of carbonyl (C=O) groups is 2. The van der Waals surface area contributed by atoms with Crippen LogP contribution in [-0.4, -0.2) is 40.6 Å². The quantitative estimate of drug-likeness (QED) is 0.516. The molecule has 1 N–H and O–H groups in total. The number of hydrogen-bond acceptors (Lipinski definition) is 5. The standard InChI is InChI=1S/C16H22N4O2S/c1-4-11(5-2)20-12-10(9-18-15(19-12)23-3)8-16(14(20)22)6-7-17-13(16)21/h9,11H,4-8H2,1-3H3,(H,17,21).